The number of nitrogens with one attached hydrogen (secondary N) is 1. The fourth-order valence-electron chi connectivity index (χ4n) is 20.1. The minimum absolute atomic E-state index is 0. The predicted octanol–water partition coefficient (Wildman–Crippen LogP) is 27.9. The van der Waals surface area contributed by atoms with Gasteiger partial charge in [-0.05, 0) is 207 Å². The van der Waals surface area contributed by atoms with Gasteiger partial charge in [0.2, 0.25) is 5.52 Å². The molecular weight excluding hydrogens is 1860 g/mol. The maximum atomic E-state index is 11.1. The van der Waals surface area contributed by atoms with Crippen molar-refractivity contribution in [2.24, 2.45) is 5.92 Å². The third-order valence-corrected chi connectivity index (χ3v) is 26.1. The predicted molar refractivity (Wildman–Crippen MR) is 561 cm³/mol. The summed E-state index contributed by atoms with van der Waals surface area (Å²) in [7, 11) is 0. The van der Waals surface area contributed by atoms with Gasteiger partial charge in [0, 0.05) is 115 Å². The molecule has 2 N–H and O–H groups in total. The standard InChI is InChI=1S/C49H31N5.C41H29N.C21H22N.C9H7NO.C5H8O2.Ir.Li/c1-4-16-32(17-5-1)47-50-48(33-18-6-2-7-19-33)52-49(51-47)39-28-29-44(36-23-11-10-22-35(36)39)54-43-27-15-13-25-38(43)41-30-40-37-24-12-14-26-42(37)53(45(40)31-46(41)54)34-20-8-3-9-21-34;1-41(2)36-24-28-12-4-3-11-27(28)23-35(36)30-22-21-29(25-37(30)41)42-38-19-7-5-15-31(38)33-17-9-13-26-14-10-18-34(40(26)33)32-16-6-8-20-39(32)42;1-14(2)10-17-6-5-7-21-19(17)8-9-20(22-21)18-12-15(3)11-16(4)13-18;11-8-5-1-3-7-4-2-6-10-9(7)8;1-4(6)3-5(2)7;;/h1-31H;3-25H,1-2H3;5-9,11-12,14H,10H2,1-4H3;1-6,11H;3,6H,1-2H3;;/q;;-1;;;;+1. The molecule has 0 saturated heterocycles. The van der Waals surface area contributed by atoms with Crippen molar-refractivity contribution >= 4 is 121 Å². The van der Waals surface area contributed by atoms with Crippen molar-refractivity contribution in [1.29, 1.82) is 0 Å². The second kappa shape index (κ2) is 38.9. The molecule has 1 radical (unpaired) electrons. The van der Waals surface area contributed by atoms with E-state index in [1.807, 2.05) is 78.9 Å². The number of para-hydroxylation sites is 6. The third kappa shape index (κ3) is 17.5. The van der Waals surface area contributed by atoms with Crippen LogP contribution in [0.1, 0.15) is 69.4 Å². The number of allylic oxidation sites excluding steroid dienone is 2. The molecule has 2 aliphatic rings. The third-order valence-electron chi connectivity index (χ3n) is 26.1. The Balaban J connectivity index is 0.000000127. The zero-order valence-corrected chi connectivity index (χ0v) is 80.7. The molecule has 0 fully saturated rings. The van der Waals surface area contributed by atoms with E-state index in [9.17, 15) is 9.90 Å². The van der Waals surface area contributed by atoms with Crippen LogP contribution in [0.4, 0.5) is 17.1 Å². The van der Waals surface area contributed by atoms with Gasteiger partial charge < -0.3 is 24.2 Å². The summed E-state index contributed by atoms with van der Waals surface area (Å²) in [5, 5.41) is 34.0. The first kappa shape index (κ1) is 91.3. The molecule has 18 aromatic carbocycles. The molecule has 0 spiro atoms. The van der Waals surface area contributed by atoms with E-state index in [-0.39, 0.29) is 61.7 Å². The molecule has 5 aromatic heterocycles. The summed E-state index contributed by atoms with van der Waals surface area (Å²) >= 11 is 0. The van der Waals surface area contributed by atoms with Crippen LogP contribution >= 0.6 is 0 Å². The number of fused-ring (bicyclic) bond motifs is 17. The van der Waals surface area contributed by atoms with E-state index in [4.69, 9.17) is 25.0 Å². The molecule has 0 unspecified atom stereocenters. The Morgan fingerprint density at radius 2 is 0.935 bits per heavy atom. The summed E-state index contributed by atoms with van der Waals surface area (Å²) in [6.45, 7) is 16.3. The summed E-state index contributed by atoms with van der Waals surface area (Å²) in [6.07, 6.45) is 4.01. The quantitative estimate of drug-likeness (QED) is 0.0618. The van der Waals surface area contributed by atoms with Gasteiger partial charge in [-0.25, -0.2) is 19.9 Å². The fraction of sp³-hybridized carbons (Fsp3) is 0.0880. The number of aromatic amines is 1. The van der Waals surface area contributed by atoms with Gasteiger partial charge in [-0.15, -0.1) is 34.9 Å². The Kier molecular flexibility index (Phi) is 25.8. The normalized spacial score (nSPS) is 12.1. The van der Waals surface area contributed by atoms with Gasteiger partial charge in [0.15, 0.2) is 29.5 Å². The number of nitrogens with zero attached hydrogens (tertiary/aromatic N) is 7. The first-order chi connectivity index (χ1) is 66.4. The van der Waals surface area contributed by atoms with Crippen molar-refractivity contribution in [3.8, 4) is 95.9 Å². The first-order valence-corrected chi connectivity index (χ1v) is 46.4. The van der Waals surface area contributed by atoms with Gasteiger partial charge in [-0.1, -0.05) is 321 Å². The number of aromatic nitrogens is 7. The van der Waals surface area contributed by atoms with Gasteiger partial charge in [0.25, 0.3) is 0 Å². The minimum Gasteiger partial charge on any atom is -0.868 e. The molecule has 25 rings (SSSR count). The molecule has 665 valence electrons. The molecule has 11 nitrogen and oxygen atoms in total. The number of rotatable bonds is 10. The van der Waals surface area contributed by atoms with Crippen LogP contribution in [-0.4, -0.2) is 40.0 Å². The largest absolute Gasteiger partial charge is 1.00 e. The number of H-pyrrole nitrogens is 1. The molecular formula is C125H97IrLiN8O3. The summed E-state index contributed by atoms with van der Waals surface area (Å²) in [5.41, 5.74) is 31.4. The van der Waals surface area contributed by atoms with Gasteiger partial charge in [0.1, 0.15) is 0 Å². The zero-order chi connectivity index (χ0) is 92.8. The second-order valence-electron chi connectivity index (χ2n) is 36.1. The van der Waals surface area contributed by atoms with E-state index < -0.39 is 0 Å². The molecule has 13 heteroatoms. The van der Waals surface area contributed by atoms with E-state index in [0.29, 0.717) is 28.9 Å². The molecule has 0 saturated carbocycles. The number of aliphatic hydroxyl groups excluding tert-OH is 1. The van der Waals surface area contributed by atoms with Crippen molar-refractivity contribution in [3.63, 3.8) is 0 Å². The number of aryl methyl sites for hydroxylation is 2. The Labute approximate surface area is 828 Å². The number of ketones is 1. The Hall–Kier alpha value is -15.8. The molecule has 6 heterocycles. The van der Waals surface area contributed by atoms with Crippen LogP contribution in [0.5, 0.6) is 5.75 Å². The van der Waals surface area contributed by atoms with Crippen molar-refractivity contribution in [2.75, 3.05) is 4.90 Å². The van der Waals surface area contributed by atoms with Crippen LogP contribution in [0, 0.1) is 25.8 Å². The molecule has 1 aliphatic heterocycles. The number of hydrogen-bond donors (Lipinski definition) is 1. The van der Waals surface area contributed by atoms with Crippen LogP contribution in [0.2, 0.25) is 0 Å². The van der Waals surface area contributed by atoms with Gasteiger partial charge in [-0.2, -0.15) is 0 Å². The van der Waals surface area contributed by atoms with Gasteiger partial charge in [-0.3, -0.25) is 9.78 Å². The van der Waals surface area contributed by atoms with Crippen LogP contribution < -0.4 is 33.9 Å². The number of pyridine rings is 2. The maximum Gasteiger partial charge on any atom is 1.00 e. The monoisotopic (exact) mass is 1960 g/mol. The van der Waals surface area contributed by atoms with Crippen LogP contribution in [-0.2, 0) is 36.7 Å². The van der Waals surface area contributed by atoms with E-state index in [1.54, 1.807) is 18.3 Å². The number of carbonyl (C=O) groups excluding carboxylic acids is 1. The summed E-state index contributed by atoms with van der Waals surface area (Å²) < 4.78 is 4.82. The smallest absolute Gasteiger partial charge is 0.868 e. The van der Waals surface area contributed by atoms with Crippen molar-refractivity contribution in [3.05, 3.63) is 452 Å². The minimum atomic E-state index is -0.125. The maximum absolute atomic E-state index is 11.1. The van der Waals surface area contributed by atoms with E-state index in [2.05, 4.69) is 376 Å². The van der Waals surface area contributed by atoms with E-state index in [1.165, 1.54) is 152 Å². The fourth-order valence-corrected chi connectivity index (χ4v) is 20.1. The molecule has 23 aromatic rings. The molecule has 0 amide bonds. The summed E-state index contributed by atoms with van der Waals surface area (Å²) in [4.78, 5) is 35.4. The topological polar surface area (TPSA) is 139 Å². The van der Waals surface area contributed by atoms with E-state index >= 15 is 0 Å². The Morgan fingerprint density at radius 3 is 1.56 bits per heavy atom. The summed E-state index contributed by atoms with van der Waals surface area (Å²) in [5.74, 6) is 2.57. The average Bonchev–Trinajstić information content (AvgIpc) is 1.43. The number of aliphatic hydroxyl groups is 1. The van der Waals surface area contributed by atoms with Gasteiger partial charge >= 0.3 is 18.9 Å². The van der Waals surface area contributed by atoms with Crippen molar-refractivity contribution in [1.82, 2.24) is 29.1 Å². The van der Waals surface area contributed by atoms with Crippen molar-refractivity contribution < 1.29 is 59.0 Å². The molecule has 1 aliphatic carbocycles. The SMILES string of the molecule is CC(=O)C=C(C)O.CC1(C)c2cc(N3c4ccccc4-c4cccc5cccc(c45)-c4ccccc43)ccc2-c2cc3ccccc3cc21.Cc1[c-]c(-c2ccc3c(CC(C)C)cccc3n2)cc(C)c1.[Ir].[Li+].[O-]c1cccc2ccc[nH+]c12.c1ccc(-c2nc(-c3ccccc3)nc(-c3ccc(-n4c5ccccc5c5cc6c7ccccc7n(-c7ccccc7)c6cc54)c4ccccc34)n2)cc1. The number of carbonyl (C=O) groups is 1. The van der Waals surface area contributed by atoms with Crippen LogP contribution in [0.3, 0.4) is 0 Å². The first-order valence-electron chi connectivity index (χ1n) is 46.4. The zero-order valence-electron chi connectivity index (χ0n) is 78.3. The van der Waals surface area contributed by atoms with E-state index in [0.717, 1.165) is 84.0 Å². The average molecular weight is 1960 g/mol. The molecule has 0 bridgehead atoms. The number of hydrogen-bond acceptors (Lipinski definition) is 8. The second-order valence-corrected chi connectivity index (χ2v) is 36.1. The number of anilines is 3. The Bertz CT molecular complexity index is 8480. The van der Waals surface area contributed by atoms with Crippen molar-refractivity contribution in [2.45, 2.75) is 67.2 Å². The molecule has 0 atom stereocenters. The van der Waals surface area contributed by atoms with Gasteiger partial charge in [0.05, 0.1) is 50.4 Å². The number of benzene rings is 18. The Morgan fingerprint density at radius 1 is 0.413 bits per heavy atom. The molecule has 138 heavy (non-hydrogen) atoms. The van der Waals surface area contributed by atoms with Crippen LogP contribution in [0.25, 0.3) is 188 Å². The van der Waals surface area contributed by atoms with Crippen LogP contribution in [0.15, 0.2) is 418 Å². The summed E-state index contributed by atoms with van der Waals surface area (Å²) in [6, 6.07) is 146.